The highest BCUT2D eigenvalue weighted by molar-refractivity contribution is 5.99. The van der Waals surface area contributed by atoms with E-state index in [-0.39, 0.29) is 24.2 Å². The van der Waals surface area contributed by atoms with Gasteiger partial charge in [-0.3, -0.25) is 19.3 Å². The maximum Gasteiger partial charge on any atom is 0.254 e. The van der Waals surface area contributed by atoms with Gasteiger partial charge in [-0.15, -0.1) is 0 Å². The number of ketones is 1. The fourth-order valence-electron chi connectivity index (χ4n) is 6.14. The van der Waals surface area contributed by atoms with Gasteiger partial charge in [-0.05, 0) is 48.6 Å². The first-order chi connectivity index (χ1) is 21.4. The molecule has 0 radical (unpaired) electrons. The summed E-state index contributed by atoms with van der Waals surface area (Å²) in [7, 11) is 3.26. The Morgan fingerprint density at radius 3 is 2.20 bits per heavy atom. The number of ether oxygens (including phenoxy) is 3. The van der Waals surface area contributed by atoms with Gasteiger partial charge in [-0.2, -0.15) is 0 Å². The molecule has 2 amide bonds. The monoisotopic (exact) mass is 599 g/mol. The lowest BCUT2D eigenvalue weighted by atomic mass is 9.95. The highest BCUT2D eigenvalue weighted by Crippen LogP contribution is 2.31. The molecule has 3 aromatic carbocycles. The number of carbonyl (C=O) groups is 3. The molecule has 44 heavy (non-hydrogen) atoms. The molecule has 1 aliphatic heterocycles. The number of Topliss-reactive ketones (excluding diaryl/α,β-unsaturated/α-hetero) is 1. The molecule has 1 aliphatic carbocycles. The van der Waals surface area contributed by atoms with Gasteiger partial charge in [-0.25, -0.2) is 0 Å². The van der Waals surface area contributed by atoms with Crippen molar-refractivity contribution in [2.75, 3.05) is 47.1 Å². The summed E-state index contributed by atoms with van der Waals surface area (Å²) in [5.41, 5.74) is 10.6. The Morgan fingerprint density at radius 2 is 1.59 bits per heavy atom. The van der Waals surface area contributed by atoms with Gasteiger partial charge in [0.15, 0.2) is 5.78 Å². The number of hydrogen-bond acceptors (Lipinski definition) is 7. The van der Waals surface area contributed by atoms with Crippen molar-refractivity contribution in [1.29, 1.82) is 0 Å². The molecule has 9 nitrogen and oxygen atoms in total. The number of nitrogens with zero attached hydrogens (tertiary/aromatic N) is 2. The van der Waals surface area contributed by atoms with Crippen LogP contribution in [0.1, 0.15) is 50.2 Å². The van der Waals surface area contributed by atoms with Crippen LogP contribution in [0.5, 0.6) is 11.5 Å². The molecule has 9 heteroatoms. The molecule has 232 valence electrons. The standard InChI is InChI=1S/C35H41N3O6/c1-42-31-13-11-28(33(21-31)43-2)22-38(30-19-26-5-3-4-6-27(26)20-30)23-29(34(36)40)12-14-32(39)24-7-9-25(10-8-24)35(41)37-15-17-44-18-16-37/h3-11,13,21,29-30H,12,14-20,22-23H2,1-2H3,(H2,36,40). The molecular weight excluding hydrogens is 558 g/mol. The molecule has 0 spiro atoms. The third kappa shape index (κ3) is 7.46. The van der Waals surface area contributed by atoms with Gasteiger partial charge in [-0.1, -0.05) is 42.5 Å². The first-order valence-electron chi connectivity index (χ1n) is 15.2. The van der Waals surface area contributed by atoms with Gasteiger partial charge in [0.25, 0.3) is 5.91 Å². The van der Waals surface area contributed by atoms with Gasteiger partial charge >= 0.3 is 0 Å². The van der Waals surface area contributed by atoms with E-state index in [1.807, 2.05) is 18.2 Å². The fraction of sp³-hybridized carbons (Fsp3) is 0.400. The molecule has 2 N–H and O–H groups in total. The summed E-state index contributed by atoms with van der Waals surface area (Å²) >= 11 is 0. The van der Waals surface area contributed by atoms with Crippen molar-refractivity contribution in [1.82, 2.24) is 9.80 Å². The number of nitrogens with two attached hydrogens (primary N) is 1. The van der Waals surface area contributed by atoms with Gasteiger partial charge in [0.05, 0.1) is 33.4 Å². The van der Waals surface area contributed by atoms with E-state index in [0.29, 0.717) is 68.4 Å². The van der Waals surface area contributed by atoms with Crippen LogP contribution in [0.4, 0.5) is 0 Å². The lowest BCUT2D eigenvalue weighted by Crippen LogP contribution is -2.42. The average Bonchev–Trinajstić information content (AvgIpc) is 3.50. The van der Waals surface area contributed by atoms with Crippen LogP contribution in [0.3, 0.4) is 0 Å². The SMILES string of the molecule is COc1ccc(CN(CC(CCC(=O)c2ccc(C(=O)N3CCOCC3)cc2)C(N)=O)C2Cc3ccccc3C2)c(OC)c1. The summed E-state index contributed by atoms with van der Waals surface area (Å²) < 4.78 is 16.4. The Balaban J connectivity index is 1.27. The molecule has 1 unspecified atom stereocenters. The lowest BCUT2D eigenvalue weighted by Gasteiger charge is -2.32. The summed E-state index contributed by atoms with van der Waals surface area (Å²) in [6.45, 7) is 3.16. The summed E-state index contributed by atoms with van der Waals surface area (Å²) in [4.78, 5) is 42.7. The molecule has 1 atom stereocenters. The summed E-state index contributed by atoms with van der Waals surface area (Å²) in [5.74, 6) is 0.325. The van der Waals surface area contributed by atoms with Crippen molar-refractivity contribution in [2.24, 2.45) is 11.7 Å². The second-order valence-corrected chi connectivity index (χ2v) is 11.5. The zero-order chi connectivity index (χ0) is 31.1. The Bertz CT molecular complexity index is 1440. The van der Waals surface area contributed by atoms with E-state index >= 15 is 0 Å². The number of fused-ring (bicyclic) bond motifs is 1. The third-order valence-corrected chi connectivity index (χ3v) is 8.74. The van der Waals surface area contributed by atoms with Crippen molar-refractivity contribution in [3.05, 3.63) is 94.5 Å². The Kier molecular flexibility index (Phi) is 10.3. The second kappa shape index (κ2) is 14.5. The molecular formula is C35H41N3O6. The van der Waals surface area contributed by atoms with Crippen molar-refractivity contribution in [2.45, 2.75) is 38.3 Å². The largest absolute Gasteiger partial charge is 0.497 e. The van der Waals surface area contributed by atoms with E-state index in [4.69, 9.17) is 19.9 Å². The Labute approximate surface area is 258 Å². The third-order valence-electron chi connectivity index (χ3n) is 8.74. The van der Waals surface area contributed by atoms with Gasteiger partial charge in [0.2, 0.25) is 5.91 Å². The van der Waals surface area contributed by atoms with Crippen molar-refractivity contribution >= 4 is 17.6 Å². The number of amides is 2. The highest BCUT2D eigenvalue weighted by atomic mass is 16.5. The zero-order valence-electron chi connectivity index (χ0n) is 25.5. The van der Waals surface area contributed by atoms with Crippen LogP contribution in [-0.4, -0.2) is 80.5 Å². The normalized spacial score (nSPS) is 15.6. The number of carbonyl (C=O) groups excluding carboxylic acids is 3. The number of hydrogen-bond donors (Lipinski definition) is 1. The van der Waals surface area contributed by atoms with Crippen LogP contribution in [0.2, 0.25) is 0 Å². The van der Waals surface area contributed by atoms with E-state index in [1.54, 1.807) is 43.4 Å². The zero-order valence-corrected chi connectivity index (χ0v) is 25.5. The fourth-order valence-corrected chi connectivity index (χ4v) is 6.14. The maximum absolute atomic E-state index is 13.2. The molecule has 1 saturated heterocycles. The number of benzene rings is 3. The summed E-state index contributed by atoms with van der Waals surface area (Å²) in [6, 6.07) is 21.1. The van der Waals surface area contributed by atoms with Crippen LogP contribution in [0.15, 0.2) is 66.7 Å². The molecule has 0 bridgehead atoms. The molecule has 0 saturated carbocycles. The van der Waals surface area contributed by atoms with E-state index in [9.17, 15) is 14.4 Å². The van der Waals surface area contributed by atoms with E-state index in [2.05, 4.69) is 29.2 Å². The summed E-state index contributed by atoms with van der Waals surface area (Å²) in [6.07, 6.45) is 2.25. The predicted octanol–water partition coefficient (Wildman–Crippen LogP) is 3.91. The minimum Gasteiger partial charge on any atom is -0.497 e. The van der Waals surface area contributed by atoms with Crippen LogP contribution in [0, 0.1) is 5.92 Å². The smallest absolute Gasteiger partial charge is 0.254 e. The predicted molar refractivity (Wildman–Crippen MR) is 167 cm³/mol. The molecule has 1 heterocycles. The van der Waals surface area contributed by atoms with Crippen LogP contribution in [-0.2, 0) is 28.9 Å². The number of methoxy groups -OCH3 is 2. The van der Waals surface area contributed by atoms with Crippen LogP contribution in [0.25, 0.3) is 0 Å². The molecule has 2 aliphatic rings. The maximum atomic E-state index is 13.2. The topological polar surface area (TPSA) is 111 Å². The lowest BCUT2D eigenvalue weighted by molar-refractivity contribution is -0.122. The molecule has 5 rings (SSSR count). The Hall–Kier alpha value is -4.21. The van der Waals surface area contributed by atoms with Gasteiger partial charge in [0, 0.05) is 61.4 Å². The quantitative estimate of drug-likeness (QED) is 0.297. The molecule has 0 aromatic heterocycles. The van der Waals surface area contributed by atoms with Crippen LogP contribution < -0.4 is 15.2 Å². The first-order valence-corrected chi connectivity index (χ1v) is 15.2. The van der Waals surface area contributed by atoms with Gasteiger partial charge in [0.1, 0.15) is 11.5 Å². The molecule has 1 fully saturated rings. The van der Waals surface area contributed by atoms with E-state index in [1.165, 1.54) is 11.1 Å². The number of rotatable bonds is 13. The number of primary amides is 1. The van der Waals surface area contributed by atoms with Crippen molar-refractivity contribution in [3.63, 3.8) is 0 Å². The first kappa shape index (κ1) is 31.2. The van der Waals surface area contributed by atoms with Crippen molar-refractivity contribution in [3.8, 4) is 11.5 Å². The average molecular weight is 600 g/mol. The Morgan fingerprint density at radius 1 is 0.932 bits per heavy atom. The number of morpholine rings is 1. The van der Waals surface area contributed by atoms with Gasteiger partial charge < -0.3 is 24.8 Å². The second-order valence-electron chi connectivity index (χ2n) is 11.5. The van der Waals surface area contributed by atoms with E-state index < -0.39 is 11.8 Å². The minimum atomic E-state index is -0.519. The highest BCUT2D eigenvalue weighted by Gasteiger charge is 2.31. The summed E-state index contributed by atoms with van der Waals surface area (Å²) in [5, 5.41) is 0. The van der Waals surface area contributed by atoms with Crippen LogP contribution >= 0.6 is 0 Å². The van der Waals surface area contributed by atoms with Crippen molar-refractivity contribution < 1.29 is 28.6 Å². The minimum absolute atomic E-state index is 0.0660. The molecule has 3 aromatic rings. The van der Waals surface area contributed by atoms with E-state index in [0.717, 1.165) is 18.4 Å².